The number of carbonyl (C=O) groups is 2. The lowest BCUT2D eigenvalue weighted by atomic mass is 10.1. The normalized spacial score (nSPS) is 14.4. The lowest BCUT2D eigenvalue weighted by molar-refractivity contribution is -0.138. The fourth-order valence-electron chi connectivity index (χ4n) is 2.37. The summed E-state index contributed by atoms with van der Waals surface area (Å²) in [7, 11) is 0. The molecule has 0 saturated heterocycles. The summed E-state index contributed by atoms with van der Waals surface area (Å²) in [6.07, 6.45) is -2.71. The Morgan fingerprint density at radius 3 is 2.14 bits per heavy atom. The van der Waals surface area contributed by atoms with Crippen LogP contribution in [0, 0.1) is 0 Å². The first kappa shape index (κ1) is 14.2. The summed E-state index contributed by atoms with van der Waals surface area (Å²) < 4.78 is 38.9. The zero-order valence-electron chi connectivity index (χ0n) is 11.1. The molecule has 0 spiro atoms. The molecule has 0 unspecified atom stereocenters. The quantitative estimate of drug-likeness (QED) is 0.802. The number of nitrogens with zero attached hydrogens (tertiary/aromatic N) is 2. The molecule has 4 nitrogen and oxygen atoms in total. The molecule has 2 heterocycles. The SMILES string of the molecule is O=C1c2ccccc2C(=O)N1Cc1ccncc1C(F)(F)F. The zero-order chi connectivity index (χ0) is 15.9. The van der Waals surface area contributed by atoms with Crippen molar-refractivity contribution in [2.75, 3.05) is 0 Å². The molecular formula is C15H9F3N2O2. The molecule has 0 bridgehead atoms. The molecule has 1 aliphatic heterocycles. The maximum atomic E-state index is 13.0. The molecule has 3 rings (SSSR count). The first-order valence-electron chi connectivity index (χ1n) is 6.35. The Bertz CT molecular complexity index is 736. The van der Waals surface area contributed by atoms with Crippen LogP contribution in [0.5, 0.6) is 0 Å². The molecule has 1 aliphatic rings. The Kier molecular flexibility index (Phi) is 3.20. The highest BCUT2D eigenvalue weighted by atomic mass is 19.4. The van der Waals surface area contributed by atoms with Crippen molar-refractivity contribution in [1.82, 2.24) is 9.88 Å². The van der Waals surface area contributed by atoms with E-state index in [1.165, 1.54) is 18.3 Å². The lowest BCUT2D eigenvalue weighted by Crippen LogP contribution is -2.30. The first-order valence-corrected chi connectivity index (χ1v) is 6.35. The molecule has 112 valence electrons. The van der Waals surface area contributed by atoms with Gasteiger partial charge >= 0.3 is 6.18 Å². The smallest absolute Gasteiger partial charge is 0.270 e. The lowest BCUT2D eigenvalue weighted by Gasteiger charge is -2.17. The Labute approximate surface area is 123 Å². The van der Waals surface area contributed by atoms with Crippen LogP contribution < -0.4 is 0 Å². The summed E-state index contributed by atoms with van der Waals surface area (Å²) in [4.78, 5) is 28.6. The number of halogens is 3. The van der Waals surface area contributed by atoms with E-state index in [9.17, 15) is 22.8 Å². The highest BCUT2D eigenvalue weighted by Crippen LogP contribution is 2.33. The monoisotopic (exact) mass is 306 g/mol. The zero-order valence-corrected chi connectivity index (χ0v) is 11.1. The predicted octanol–water partition coefficient (Wildman–Crippen LogP) is 2.90. The number of carbonyl (C=O) groups excluding carboxylic acids is 2. The fraction of sp³-hybridized carbons (Fsp3) is 0.133. The van der Waals surface area contributed by atoms with Crippen LogP contribution >= 0.6 is 0 Å². The molecule has 7 heteroatoms. The number of hydrogen-bond donors (Lipinski definition) is 0. The Balaban J connectivity index is 1.97. The van der Waals surface area contributed by atoms with Gasteiger partial charge in [0.15, 0.2) is 0 Å². The Morgan fingerprint density at radius 1 is 1.00 bits per heavy atom. The molecule has 0 radical (unpaired) electrons. The van der Waals surface area contributed by atoms with E-state index in [4.69, 9.17) is 0 Å². The van der Waals surface area contributed by atoms with Gasteiger partial charge in [0.2, 0.25) is 0 Å². The van der Waals surface area contributed by atoms with Crippen LogP contribution in [0.4, 0.5) is 13.2 Å². The summed E-state index contributed by atoms with van der Waals surface area (Å²) in [5, 5.41) is 0. The van der Waals surface area contributed by atoms with Gasteiger partial charge < -0.3 is 0 Å². The van der Waals surface area contributed by atoms with Crippen molar-refractivity contribution >= 4 is 11.8 Å². The molecule has 2 aromatic rings. The fourth-order valence-corrected chi connectivity index (χ4v) is 2.37. The number of amides is 2. The number of pyridine rings is 1. The second-order valence-corrected chi connectivity index (χ2v) is 4.77. The number of fused-ring (bicyclic) bond motifs is 1. The topological polar surface area (TPSA) is 50.3 Å². The van der Waals surface area contributed by atoms with Crippen molar-refractivity contribution in [2.24, 2.45) is 0 Å². The van der Waals surface area contributed by atoms with Gasteiger partial charge in [0.1, 0.15) is 0 Å². The Morgan fingerprint density at radius 2 is 1.59 bits per heavy atom. The third kappa shape index (κ3) is 2.24. The van der Waals surface area contributed by atoms with Crippen molar-refractivity contribution in [3.05, 3.63) is 65.0 Å². The van der Waals surface area contributed by atoms with Gasteiger partial charge in [0.05, 0.1) is 23.2 Å². The number of hydrogen-bond acceptors (Lipinski definition) is 3. The second-order valence-electron chi connectivity index (χ2n) is 4.77. The van der Waals surface area contributed by atoms with E-state index in [-0.39, 0.29) is 16.7 Å². The van der Waals surface area contributed by atoms with Gasteiger partial charge in [0, 0.05) is 12.4 Å². The van der Waals surface area contributed by atoms with E-state index in [2.05, 4.69) is 4.98 Å². The van der Waals surface area contributed by atoms with Crippen LogP contribution in [-0.4, -0.2) is 21.7 Å². The number of aromatic nitrogens is 1. The second kappa shape index (κ2) is 4.94. The molecule has 0 N–H and O–H groups in total. The molecule has 0 aliphatic carbocycles. The molecule has 1 aromatic heterocycles. The van der Waals surface area contributed by atoms with E-state index in [0.717, 1.165) is 11.0 Å². The minimum absolute atomic E-state index is 0.169. The van der Waals surface area contributed by atoms with Crippen molar-refractivity contribution < 1.29 is 22.8 Å². The van der Waals surface area contributed by atoms with Crippen LogP contribution in [0.1, 0.15) is 31.8 Å². The summed E-state index contributed by atoms with van der Waals surface area (Å²) in [6.45, 7) is -0.441. The minimum atomic E-state index is -4.59. The van der Waals surface area contributed by atoms with E-state index >= 15 is 0 Å². The van der Waals surface area contributed by atoms with Gasteiger partial charge in [-0.2, -0.15) is 13.2 Å². The van der Waals surface area contributed by atoms with E-state index in [0.29, 0.717) is 6.20 Å². The minimum Gasteiger partial charge on any atom is -0.270 e. The van der Waals surface area contributed by atoms with Crippen molar-refractivity contribution in [2.45, 2.75) is 12.7 Å². The molecule has 0 saturated carbocycles. The van der Waals surface area contributed by atoms with Crippen LogP contribution in [0.25, 0.3) is 0 Å². The van der Waals surface area contributed by atoms with Gasteiger partial charge in [-0.3, -0.25) is 19.5 Å². The molecule has 22 heavy (non-hydrogen) atoms. The summed E-state index contributed by atoms with van der Waals surface area (Å²) in [5.74, 6) is -1.18. The third-order valence-electron chi connectivity index (χ3n) is 3.42. The number of benzene rings is 1. The maximum Gasteiger partial charge on any atom is 0.418 e. The van der Waals surface area contributed by atoms with Gasteiger partial charge in [-0.05, 0) is 23.8 Å². The van der Waals surface area contributed by atoms with E-state index < -0.39 is 30.1 Å². The molecule has 1 aromatic carbocycles. The molecule has 2 amide bonds. The predicted molar refractivity (Wildman–Crippen MR) is 69.9 cm³/mol. The molecular weight excluding hydrogens is 297 g/mol. The van der Waals surface area contributed by atoms with Gasteiger partial charge in [0.25, 0.3) is 11.8 Å². The van der Waals surface area contributed by atoms with Crippen LogP contribution in [0.2, 0.25) is 0 Å². The number of imide groups is 1. The average Bonchev–Trinajstić information content (AvgIpc) is 2.72. The van der Waals surface area contributed by atoms with Crippen LogP contribution in [0.3, 0.4) is 0 Å². The third-order valence-corrected chi connectivity index (χ3v) is 3.42. The Hall–Kier alpha value is -2.70. The van der Waals surface area contributed by atoms with Crippen molar-refractivity contribution in [1.29, 1.82) is 0 Å². The van der Waals surface area contributed by atoms with Crippen molar-refractivity contribution in [3.63, 3.8) is 0 Å². The molecule has 0 fully saturated rings. The van der Waals surface area contributed by atoms with E-state index in [1.54, 1.807) is 12.1 Å². The number of alkyl halides is 3. The van der Waals surface area contributed by atoms with Crippen LogP contribution in [0.15, 0.2) is 42.7 Å². The highest BCUT2D eigenvalue weighted by Gasteiger charge is 2.38. The summed E-state index contributed by atoms with van der Waals surface area (Å²) >= 11 is 0. The highest BCUT2D eigenvalue weighted by molar-refractivity contribution is 6.21. The van der Waals surface area contributed by atoms with Gasteiger partial charge in [-0.1, -0.05) is 12.1 Å². The average molecular weight is 306 g/mol. The van der Waals surface area contributed by atoms with Crippen LogP contribution in [-0.2, 0) is 12.7 Å². The van der Waals surface area contributed by atoms with E-state index in [1.807, 2.05) is 0 Å². The summed E-state index contributed by atoms with van der Waals surface area (Å²) in [6, 6.07) is 7.31. The summed E-state index contributed by atoms with van der Waals surface area (Å²) in [5.41, 5.74) is -0.714. The first-order chi connectivity index (χ1) is 10.4. The number of rotatable bonds is 2. The van der Waals surface area contributed by atoms with Crippen molar-refractivity contribution in [3.8, 4) is 0 Å². The largest absolute Gasteiger partial charge is 0.418 e. The standard InChI is InChI=1S/C15H9F3N2O2/c16-15(17,18)12-7-19-6-5-9(12)8-20-13(21)10-3-1-2-4-11(10)14(20)22/h1-7H,8H2. The molecule has 0 atom stereocenters. The maximum absolute atomic E-state index is 13.0. The van der Waals surface area contributed by atoms with Gasteiger partial charge in [-0.25, -0.2) is 0 Å². The van der Waals surface area contributed by atoms with Gasteiger partial charge in [-0.15, -0.1) is 0 Å².